The molecular formula is C59H78FN15O13. The van der Waals surface area contributed by atoms with E-state index in [-0.39, 0.29) is 94.4 Å². The molecule has 18 N–H and O–H groups in total. The molecule has 2 saturated heterocycles. The summed E-state index contributed by atoms with van der Waals surface area (Å²) in [6, 6.07) is 5.73. The number of aliphatic hydroxyl groups is 1. The molecule has 28 nitrogen and oxygen atoms in total. The topological polar surface area (TPSA) is 446 Å². The quantitative estimate of drug-likeness (QED) is 0.0140. The highest BCUT2D eigenvalue weighted by atomic mass is 19.1. The maximum absolute atomic E-state index is 14.5. The van der Waals surface area contributed by atoms with Gasteiger partial charge >= 0.3 is 0 Å². The highest BCUT2D eigenvalue weighted by molar-refractivity contribution is 5.99. The van der Waals surface area contributed by atoms with Gasteiger partial charge in [0.1, 0.15) is 65.9 Å². The molecule has 9 atom stereocenters. The van der Waals surface area contributed by atoms with Crippen LogP contribution in [-0.4, -0.2) is 172 Å². The third-order valence-corrected chi connectivity index (χ3v) is 14.8. The van der Waals surface area contributed by atoms with Gasteiger partial charge in [-0.15, -0.1) is 0 Å². The van der Waals surface area contributed by atoms with Gasteiger partial charge in [0.25, 0.3) is 0 Å². The number of carbonyl (C=O) groups excluding carboxylic acids is 11. The zero-order valence-electron chi connectivity index (χ0n) is 49.1. The van der Waals surface area contributed by atoms with Gasteiger partial charge in [0.2, 0.25) is 65.0 Å². The lowest BCUT2D eigenvalue weighted by molar-refractivity contribution is -0.142. The molecule has 2 aliphatic heterocycles. The summed E-state index contributed by atoms with van der Waals surface area (Å²) in [5.41, 5.74) is 18.3. The molecule has 3 heterocycles. The molecule has 29 heteroatoms. The summed E-state index contributed by atoms with van der Waals surface area (Å²) in [4.78, 5) is 158. The van der Waals surface area contributed by atoms with Crippen LogP contribution < -0.4 is 65.1 Å². The number of nitrogens with two attached hydrogens (primary N) is 3. The molecule has 0 unspecified atom stereocenters. The Balaban J connectivity index is 1.19. The number of phenols is 1. The molecule has 11 amide bonds. The van der Waals surface area contributed by atoms with E-state index >= 15 is 0 Å². The van der Waals surface area contributed by atoms with Crippen LogP contribution in [0.2, 0.25) is 0 Å². The number of aliphatic hydroxyl groups excluding tert-OH is 1. The number of para-hydroxylation sites is 1. The van der Waals surface area contributed by atoms with Crippen molar-refractivity contribution in [1.82, 2.24) is 57.7 Å². The predicted octanol–water partition coefficient (Wildman–Crippen LogP) is -2.58. The molecule has 4 aromatic rings. The maximum Gasteiger partial charge on any atom is 0.245 e. The fourth-order valence-corrected chi connectivity index (χ4v) is 10.2. The minimum absolute atomic E-state index is 0.00480. The van der Waals surface area contributed by atoms with Gasteiger partial charge in [-0.1, -0.05) is 56.3 Å². The second-order valence-corrected chi connectivity index (χ2v) is 22.2. The number of aromatic nitrogens is 1. The van der Waals surface area contributed by atoms with Crippen LogP contribution in [0.1, 0.15) is 82.4 Å². The van der Waals surface area contributed by atoms with Gasteiger partial charge in [0.05, 0.1) is 13.2 Å². The zero-order chi connectivity index (χ0) is 64.2. The lowest BCUT2D eigenvalue weighted by Gasteiger charge is -2.30. The molecule has 0 aliphatic carbocycles. The number of hydrogen-bond acceptors (Lipinski definition) is 14. The molecule has 0 bridgehead atoms. The third-order valence-electron chi connectivity index (χ3n) is 14.8. The first-order valence-electron chi connectivity index (χ1n) is 28.9. The fourth-order valence-electron chi connectivity index (χ4n) is 10.2. The Morgan fingerprint density at radius 1 is 0.682 bits per heavy atom. The van der Waals surface area contributed by atoms with Crippen molar-refractivity contribution in [1.29, 1.82) is 0 Å². The number of amides is 11. The molecule has 1 aromatic heterocycles. The van der Waals surface area contributed by atoms with Gasteiger partial charge in [0.15, 0.2) is 5.96 Å². The van der Waals surface area contributed by atoms with Gasteiger partial charge in [-0.2, -0.15) is 0 Å². The summed E-state index contributed by atoms with van der Waals surface area (Å²) in [6.07, 6.45) is 2.16. The Bertz CT molecular complexity index is 3190. The highest BCUT2D eigenvalue weighted by Crippen LogP contribution is 2.22. The number of aromatic amines is 1. The summed E-state index contributed by atoms with van der Waals surface area (Å²) in [5, 5.41) is 44.7. The number of fused-ring (bicyclic) bond motifs is 1. The average Bonchev–Trinajstić information content (AvgIpc) is 4.24. The van der Waals surface area contributed by atoms with Gasteiger partial charge in [-0.25, -0.2) is 4.39 Å². The van der Waals surface area contributed by atoms with Crippen molar-refractivity contribution in [3.63, 3.8) is 0 Å². The van der Waals surface area contributed by atoms with E-state index < -0.39 is 132 Å². The minimum Gasteiger partial charge on any atom is -0.508 e. The van der Waals surface area contributed by atoms with Gasteiger partial charge in [-0.3, -0.25) is 57.7 Å². The Kier molecular flexibility index (Phi) is 24.7. The second-order valence-electron chi connectivity index (χ2n) is 22.2. The number of phenolic OH excluding ortho intramolecular Hbond substituents is 1. The van der Waals surface area contributed by atoms with Gasteiger partial charge in [-0.05, 0) is 98.4 Å². The van der Waals surface area contributed by atoms with Crippen LogP contribution in [0.25, 0.3) is 10.9 Å². The molecular weight excluding hydrogens is 1150 g/mol. The smallest absolute Gasteiger partial charge is 0.245 e. The highest BCUT2D eigenvalue weighted by Gasteiger charge is 2.40. The van der Waals surface area contributed by atoms with Crippen LogP contribution in [0.15, 0.2) is 84.0 Å². The normalized spacial score (nSPS) is 16.9. The number of nitrogens with zero attached hydrogens (tertiary/aromatic N) is 2. The van der Waals surface area contributed by atoms with E-state index in [4.69, 9.17) is 17.2 Å². The van der Waals surface area contributed by atoms with Crippen molar-refractivity contribution in [2.24, 2.45) is 28.1 Å². The SMILES string of the molecule is CC(C)C[C@H](NC(=O)[C@@H](C)NC(=O)[C@H](Cc1ccc(O)cc1)NC(=O)[C@H](CO)NC(=O)[C@H](Cc1c[nH]c2ccccc12)NC(=O)[C@@H](Cc1ccc(F)cc1)NC(=O)[C@@H]1CCC(=O)N1)C(=O)N[C@@H](CCCN=C(N)N)C(=O)N1CCC[C@H]1C(=O)NCC(N)=O. The van der Waals surface area contributed by atoms with Crippen molar-refractivity contribution in [3.8, 4) is 5.75 Å². The summed E-state index contributed by atoms with van der Waals surface area (Å²) >= 11 is 0. The van der Waals surface area contributed by atoms with Crippen LogP contribution in [0.4, 0.5) is 4.39 Å². The van der Waals surface area contributed by atoms with Crippen molar-refractivity contribution < 1.29 is 67.3 Å². The van der Waals surface area contributed by atoms with Gasteiger partial charge < -0.3 is 85.1 Å². The first-order chi connectivity index (χ1) is 41.9. The largest absolute Gasteiger partial charge is 0.508 e. The Morgan fingerprint density at radius 2 is 1.25 bits per heavy atom. The number of aromatic hydroxyl groups is 1. The maximum atomic E-state index is 14.5. The molecule has 0 radical (unpaired) electrons. The number of benzene rings is 3. The van der Waals surface area contributed by atoms with E-state index in [1.165, 1.54) is 60.4 Å². The molecule has 2 fully saturated rings. The number of H-pyrrole nitrogens is 1. The summed E-state index contributed by atoms with van der Waals surface area (Å²) in [5.74, 6) is -9.69. The number of likely N-dealkylation sites (tertiary alicyclic amines) is 1. The number of carbonyl (C=O) groups is 11. The van der Waals surface area contributed by atoms with E-state index in [1.807, 2.05) is 0 Å². The van der Waals surface area contributed by atoms with E-state index in [9.17, 15) is 67.3 Å². The molecule has 6 rings (SSSR count). The molecule has 0 spiro atoms. The predicted molar refractivity (Wildman–Crippen MR) is 318 cm³/mol. The molecule has 0 saturated carbocycles. The van der Waals surface area contributed by atoms with Crippen molar-refractivity contribution in [3.05, 3.63) is 102 Å². The zero-order valence-corrected chi connectivity index (χ0v) is 49.1. The number of nitrogens with one attached hydrogen (secondary N) is 10. The fraction of sp³-hybridized carbons (Fsp3) is 0.458. The third kappa shape index (κ3) is 20.0. The molecule has 474 valence electrons. The van der Waals surface area contributed by atoms with Crippen LogP contribution in [0, 0.1) is 11.7 Å². The van der Waals surface area contributed by atoms with Crippen LogP contribution >= 0.6 is 0 Å². The first-order valence-corrected chi connectivity index (χ1v) is 28.9. The lowest BCUT2D eigenvalue weighted by atomic mass is 10.0. The van der Waals surface area contributed by atoms with E-state index in [2.05, 4.69) is 57.8 Å². The summed E-state index contributed by atoms with van der Waals surface area (Å²) in [7, 11) is 0. The van der Waals surface area contributed by atoms with Crippen LogP contribution in [0.5, 0.6) is 5.75 Å². The number of aliphatic imine (C=N–C) groups is 1. The monoisotopic (exact) mass is 1220 g/mol. The second kappa shape index (κ2) is 32.2. The molecule has 3 aromatic carbocycles. The van der Waals surface area contributed by atoms with E-state index in [1.54, 1.807) is 44.3 Å². The Hall–Kier alpha value is -9.67. The number of rotatable bonds is 31. The van der Waals surface area contributed by atoms with E-state index in [0.29, 0.717) is 34.0 Å². The lowest BCUT2D eigenvalue weighted by Crippen LogP contribution is -2.61. The van der Waals surface area contributed by atoms with Crippen molar-refractivity contribution in [2.75, 3.05) is 26.2 Å². The molecule has 88 heavy (non-hydrogen) atoms. The number of hydrogen-bond donors (Lipinski definition) is 15. The van der Waals surface area contributed by atoms with E-state index in [0.717, 1.165) is 0 Å². The number of halogens is 1. The number of primary amides is 1. The standard InChI is InChI=1S/C59H78FN15O13/c1-31(2)24-42(53(83)69-41(10-6-22-64-59(62)63)58(88)75-23-7-11-47(75)57(87)66-29-48(61)78)70-50(80)32(3)67-52(82)43(26-34-14-18-37(77)19-15-34)72-56(86)46(30-76)74-55(85)45(27-35-28-65-39-9-5-4-8-38(35)39)73-54(84)44(25-33-12-16-36(60)17-13-33)71-51(81)40-20-21-49(79)68-40/h4-5,8-9,12-19,28,31-32,40-47,65,76-77H,6-7,10-11,20-27,29-30H2,1-3H3,(H2,61,78)(H,66,87)(H,67,82)(H,68,79)(H,69,83)(H,70,80)(H,71,81)(H,72,86)(H,73,84)(H,74,85)(H4,62,63,64)/t32-,40+,41+,42+,43+,44-,45+,46+,47+/m1/s1. The van der Waals surface area contributed by atoms with Crippen LogP contribution in [-0.2, 0) is 72.0 Å². The average molecular weight is 1220 g/mol. The minimum atomic E-state index is -1.79. The Labute approximate surface area is 506 Å². The van der Waals surface area contributed by atoms with Gasteiger partial charge in [0, 0.05) is 55.9 Å². The van der Waals surface area contributed by atoms with Crippen LogP contribution in [0.3, 0.4) is 0 Å². The first kappa shape index (κ1) is 67.5. The summed E-state index contributed by atoms with van der Waals surface area (Å²) in [6.45, 7) is 3.62. The number of guanidine groups is 1. The van der Waals surface area contributed by atoms with Crippen molar-refractivity contribution >= 4 is 81.8 Å². The van der Waals surface area contributed by atoms with Crippen molar-refractivity contribution in [2.45, 2.75) is 139 Å². The molecule has 2 aliphatic rings. The summed E-state index contributed by atoms with van der Waals surface area (Å²) < 4.78 is 14.0. The Morgan fingerprint density at radius 3 is 1.86 bits per heavy atom.